The monoisotopic (exact) mass is 241 g/mol. The zero-order valence-electron chi connectivity index (χ0n) is 10.1. The molecule has 0 spiro atoms. The van der Waals surface area contributed by atoms with Crippen LogP contribution < -0.4 is 0 Å². The summed E-state index contributed by atoms with van der Waals surface area (Å²) in [5.74, 6) is 0.222. The van der Waals surface area contributed by atoms with Crippen LogP contribution in [0.1, 0.15) is 34.5 Å². The third-order valence-corrected chi connectivity index (χ3v) is 3.46. The van der Waals surface area contributed by atoms with Gasteiger partial charge in [-0.25, -0.2) is 0 Å². The molecular weight excluding hydrogens is 226 g/mol. The quantitative estimate of drug-likeness (QED) is 0.849. The van der Waals surface area contributed by atoms with Gasteiger partial charge in [0.05, 0.1) is 12.3 Å². The minimum Gasteiger partial charge on any atom is -0.392 e. The highest BCUT2D eigenvalue weighted by atomic mass is 16.2. The Labute approximate surface area is 105 Å². The normalized spacial score (nSPS) is 15.5. The second kappa shape index (κ2) is 4.42. The third-order valence-electron chi connectivity index (χ3n) is 3.46. The number of aliphatic hydroxyl groups is 1. The molecule has 1 aliphatic rings. The van der Waals surface area contributed by atoms with E-state index in [1.54, 1.807) is 6.08 Å². The van der Waals surface area contributed by atoms with Crippen molar-refractivity contribution in [3.05, 3.63) is 41.1 Å². The Morgan fingerprint density at radius 3 is 3.06 bits per heavy atom. The van der Waals surface area contributed by atoms with Gasteiger partial charge >= 0.3 is 0 Å². The van der Waals surface area contributed by atoms with E-state index in [1.165, 1.54) is 0 Å². The second-order valence-corrected chi connectivity index (χ2v) is 4.65. The number of hydrogen-bond acceptors (Lipinski definition) is 2. The van der Waals surface area contributed by atoms with Gasteiger partial charge in [0.25, 0.3) is 0 Å². The Bertz CT molecular complexity index is 637. The molecule has 0 atom stereocenters. The van der Waals surface area contributed by atoms with Crippen LogP contribution >= 0.6 is 0 Å². The smallest absolute Gasteiger partial charge is 0.179 e. The molecule has 3 nitrogen and oxygen atoms in total. The minimum absolute atomic E-state index is 0.0434. The minimum atomic E-state index is 0.0434. The maximum Gasteiger partial charge on any atom is 0.179 e. The van der Waals surface area contributed by atoms with Crippen LogP contribution in [0, 0.1) is 0 Å². The predicted molar refractivity (Wildman–Crippen MR) is 71.7 cm³/mol. The van der Waals surface area contributed by atoms with Crippen molar-refractivity contribution >= 4 is 22.8 Å². The van der Waals surface area contributed by atoms with E-state index in [4.69, 9.17) is 5.11 Å². The molecule has 3 heteroatoms. The predicted octanol–water partition coefficient (Wildman–Crippen LogP) is 2.69. The first-order valence-electron chi connectivity index (χ1n) is 6.25. The van der Waals surface area contributed by atoms with Crippen LogP contribution in [0.2, 0.25) is 0 Å². The molecule has 18 heavy (non-hydrogen) atoms. The Hall–Kier alpha value is -1.87. The van der Waals surface area contributed by atoms with Gasteiger partial charge in [-0.1, -0.05) is 18.2 Å². The van der Waals surface area contributed by atoms with Gasteiger partial charge in [-0.15, -0.1) is 0 Å². The number of fused-ring (bicyclic) bond motifs is 3. The number of carbonyl (C=O) groups excluding carboxylic acids is 1. The number of aliphatic hydroxyl groups excluding tert-OH is 1. The number of H-pyrrole nitrogens is 1. The lowest BCUT2D eigenvalue weighted by Crippen LogP contribution is -2.09. The van der Waals surface area contributed by atoms with Crippen molar-refractivity contribution < 1.29 is 9.90 Å². The molecule has 2 aromatic rings. The Morgan fingerprint density at radius 1 is 1.33 bits per heavy atom. The molecule has 0 aliphatic heterocycles. The van der Waals surface area contributed by atoms with Gasteiger partial charge in [0.2, 0.25) is 0 Å². The topological polar surface area (TPSA) is 53.1 Å². The Balaban J connectivity index is 2.15. The number of hydrogen-bond donors (Lipinski definition) is 2. The molecular formula is C15H15NO2. The molecule has 1 heterocycles. The van der Waals surface area contributed by atoms with Crippen LogP contribution in [0.5, 0.6) is 0 Å². The number of rotatable bonds is 2. The fourth-order valence-corrected chi connectivity index (χ4v) is 2.61. The van der Waals surface area contributed by atoms with E-state index in [9.17, 15) is 4.79 Å². The van der Waals surface area contributed by atoms with Gasteiger partial charge in [-0.3, -0.25) is 4.79 Å². The van der Waals surface area contributed by atoms with E-state index in [2.05, 4.69) is 11.1 Å². The summed E-state index contributed by atoms with van der Waals surface area (Å²) in [4.78, 5) is 15.1. The maximum absolute atomic E-state index is 11.8. The zero-order valence-corrected chi connectivity index (χ0v) is 10.1. The highest BCUT2D eigenvalue weighted by Crippen LogP contribution is 2.29. The highest BCUT2D eigenvalue weighted by Gasteiger charge is 2.21. The summed E-state index contributed by atoms with van der Waals surface area (Å²) in [5.41, 5.74) is 4.02. The average Bonchev–Trinajstić information content (AvgIpc) is 2.76. The summed E-state index contributed by atoms with van der Waals surface area (Å²) in [6, 6.07) is 6.06. The molecule has 0 unspecified atom stereocenters. The number of carbonyl (C=O) groups is 1. The zero-order chi connectivity index (χ0) is 12.5. The van der Waals surface area contributed by atoms with Crippen LogP contribution in [0.15, 0.2) is 24.3 Å². The van der Waals surface area contributed by atoms with Crippen molar-refractivity contribution in [3.8, 4) is 0 Å². The number of aromatic amines is 1. The highest BCUT2D eigenvalue weighted by molar-refractivity contribution is 6.03. The second-order valence-electron chi connectivity index (χ2n) is 4.65. The number of nitrogens with one attached hydrogen (secondary N) is 1. The van der Waals surface area contributed by atoms with E-state index in [1.807, 2.05) is 18.2 Å². The fraction of sp³-hybridized carbons (Fsp3) is 0.267. The Kier molecular flexibility index (Phi) is 2.76. The van der Waals surface area contributed by atoms with Gasteiger partial charge in [0.1, 0.15) is 0 Å². The van der Waals surface area contributed by atoms with E-state index >= 15 is 0 Å². The van der Waals surface area contributed by atoms with Gasteiger partial charge in [-0.05, 0) is 36.1 Å². The summed E-state index contributed by atoms with van der Waals surface area (Å²) in [6.45, 7) is 0.0434. The van der Waals surface area contributed by atoms with Crippen LogP contribution in [0.4, 0.5) is 0 Å². The van der Waals surface area contributed by atoms with Gasteiger partial charge < -0.3 is 10.1 Å². The number of benzene rings is 1. The van der Waals surface area contributed by atoms with Crippen molar-refractivity contribution in [3.63, 3.8) is 0 Å². The number of aromatic nitrogens is 1. The number of aryl methyl sites for hydroxylation is 1. The van der Waals surface area contributed by atoms with Crippen LogP contribution in [-0.4, -0.2) is 22.5 Å². The molecule has 1 aromatic carbocycles. The van der Waals surface area contributed by atoms with E-state index < -0.39 is 0 Å². The molecule has 0 radical (unpaired) electrons. The van der Waals surface area contributed by atoms with Gasteiger partial charge in [0.15, 0.2) is 5.78 Å². The van der Waals surface area contributed by atoms with Crippen molar-refractivity contribution in [2.75, 3.05) is 6.61 Å². The third kappa shape index (κ3) is 1.77. The van der Waals surface area contributed by atoms with E-state index in [-0.39, 0.29) is 12.4 Å². The van der Waals surface area contributed by atoms with Gasteiger partial charge in [-0.2, -0.15) is 0 Å². The molecule has 0 saturated carbocycles. The summed E-state index contributed by atoms with van der Waals surface area (Å²) in [5, 5.41) is 9.93. The summed E-state index contributed by atoms with van der Waals surface area (Å²) in [6.07, 6.45) is 6.16. The van der Waals surface area contributed by atoms with Crippen molar-refractivity contribution in [2.45, 2.75) is 19.3 Å². The average molecular weight is 241 g/mol. The molecule has 92 valence electrons. The first-order chi connectivity index (χ1) is 8.79. The van der Waals surface area contributed by atoms with Crippen LogP contribution in [-0.2, 0) is 6.42 Å². The lowest BCUT2D eigenvalue weighted by atomic mass is 9.94. The molecule has 1 aliphatic carbocycles. The largest absolute Gasteiger partial charge is 0.392 e. The van der Waals surface area contributed by atoms with E-state index in [0.717, 1.165) is 40.6 Å². The van der Waals surface area contributed by atoms with Gasteiger partial charge in [0, 0.05) is 17.3 Å². The molecule has 0 fully saturated rings. The first-order valence-corrected chi connectivity index (χ1v) is 6.25. The first kappa shape index (κ1) is 11.2. The Morgan fingerprint density at radius 2 is 2.22 bits per heavy atom. The summed E-state index contributed by atoms with van der Waals surface area (Å²) in [7, 11) is 0. The molecule has 2 N–H and O–H groups in total. The molecule has 0 bridgehead atoms. The number of Topliss-reactive ketones (excluding diaryl/α,β-unsaturated/α-hetero) is 1. The maximum atomic E-state index is 11.8. The van der Waals surface area contributed by atoms with Crippen molar-refractivity contribution in [2.24, 2.45) is 0 Å². The SMILES string of the molecule is O=C1CCCc2c1[nH]c1ccc(C=CCO)cc21. The molecule has 0 amide bonds. The standard InChI is InChI=1S/C15H15NO2/c17-8-2-3-10-6-7-13-12(9-10)11-4-1-5-14(18)15(11)16-13/h2-3,6-7,9,16-17H,1,4-5,8H2. The number of ketones is 1. The summed E-state index contributed by atoms with van der Waals surface area (Å²) < 4.78 is 0. The lowest BCUT2D eigenvalue weighted by Gasteiger charge is -2.09. The van der Waals surface area contributed by atoms with Crippen LogP contribution in [0.3, 0.4) is 0 Å². The van der Waals surface area contributed by atoms with Crippen molar-refractivity contribution in [1.29, 1.82) is 0 Å². The lowest BCUT2D eigenvalue weighted by molar-refractivity contribution is 0.0968. The summed E-state index contributed by atoms with van der Waals surface area (Å²) >= 11 is 0. The van der Waals surface area contributed by atoms with Crippen LogP contribution in [0.25, 0.3) is 17.0 Å². The fourth-order valence-electron chi connectivity index (χ4n) is 2.61. The van der Waals surface area contributed by atoms with Crippen molar-refractivity contribution in [1.82, 2.24) is 4.98 Å². The molecule has 0 saturated heterocycles. The van der Waals surface area contributed by atoms with E-state index in [0.29, 0.717) is 6.42 Å². The molecule has 1 aromatic heterocycles. The molecule has 3 rings (SSSR count).